The first-order chi connectivity index (χ1) is 7.42. The average molecular weight is 225 g/mol. The SMILES string of the molecule is COC(=O)c1ccc(=O)[nH]c1C(C)(C)CO. The van der Waals surface area contributed by atoms with Crippen molar-refractivity contribution in [2.75, 3.05) is 13.7 Å². The van der Waals surface area contributed by atoms with Crippen LogP contribution in [0.1, 0.15) is 29.9 Å². The second-order valence-electron chi connectivity index (χ2n) is 4.14. The van der Waals surface area contributed by atoms with Crippen LogP contribution in [-0.4, -0.2) is 29.8 Å². The number of carbonyl (C=O) groups excluding carboxylic acids is 1. The number of carbonyl (C=O) groups is 1. The van der Waals surface area contributed by atoms with Crippen molar-refractivity contribution in [1.82, 2.24) is 4.98 Å². The Morgan fingerprint density at radius 2 is 2.12 bits per heavy atom. The van der Waals surface area contributed by atoms with Crippen molar-refractivity contribution in [2.24, 2.45) is 0 Å². The summed E-state index contributed by atoms with van der Waals surface area (Å²) in [5.41, 5.74) is -0.371. The molecule has 0 saturated carbocycles. The quantitative estimate of drug-likeness (QED) is 0.731. The van der Waals surface area contributed by atoms with E-state index in [1.165, 1.54) is 19.2 Å². The van der Waals surface area contributed by atoms with Crippen LogP contribution in [0.25, 0.3) is 0 Å². The molecule has 16 heavy (non-hydrogen) atoms. The summed E-state index contributed by atoms with van der Waals surface area (Å²) >= 11 is 0. The fourth-order valence-electron chi connectivity index (χ4n) is 1.37. The molecule has 0 unspecified atom stereocenters. The van der Waals surface area contributed by atoms with Crippen molar-refractivity contribution < 1.29 is 14.6 Å². The molecular weight excluding hydrogens is 210 g/mol. The van der Waals surface area contributed by atoms with Gasteiger partial charge in [-0.15, -0.1) is 0 Å². The van der Waals surface area contributed by atoms with Crippen LogP contribution in [0.3, 0.4) is 0 Å². The largest absolute Gasteiger partial charge is 0.465 e. The number of methoxy groups -OCH3 is 1. The van der Waals surface area contributed by atoms with Crippen molar-refractivity contribution in [3.8, 4) is 0 Å². The van der Waals surface area contributed by atoms with Gasteiger partial charge in [0, 0.05) is 17.2 Å². The summed E-state index contributed by atoms with van der Waals surface area (Å²) in [6, 6.07) is 2.65. The van der Waals surface area contributed by atoms with Gasteiger partial charge in [-0.3, -0.25) is 4.79 Å². The smallest absolute Gasteiger partial charge is 0.339 e. The van der Waals surface area contributed by atoms with Crippen LogP contribution in [0.2, 0.25) is 0 Å². The van der Waals surface area contributed by atoms with Crippen LogP contribution in [0.15, 0.2) is 16.9 Å². The highest BCUT2D eigenvalue weighted by molar-refractivity contribution is 5.90. The van der Waals surface area contributed by atoms with Crippen LogP contribution >= 0.6 is 0 Å². The highest BCUT2D eigenvalue weighted by Gasteiger charge is 2.27. The molecule has 0 atom stereocenters. The number of aliphatic hydroxyl groups excluding tert-OH is 1. The van der Waals surface area contributed by atoms with E-state index in [1.807, 2.05) is 0 Å². The van der Waals surface area contributed by atoms with Gasteiger partial charge < -0.3 is 14.8 Å². The number of rotatable bonds is 3. The third-order valence-corrected chi connectivity index (χ3v) is 2.40. The van der Waals surface area contributed by atoms with Crippen molar-refractivity contribution >= 4 is 5.97 Å². The first-order valence-electron chi connectivity index (χ1n) is 4.85. The van der Waals surface area contributed by atoms with Gasteiger partial charge in [0.2, 0.25) is 5.56 Å². The number of aliphatic hydroxyl groups is 1. The molecule has 0 fully saturated rings. The van der Waals surface area contributed by atoms with E-state index in [0.29, 0.717) is 5.69 Å². The first-order valence-corrected chi connectivity index (χ1v) is 4.85. The maximum atomic E-state index is 11.5. The van der Waals surface area contributed by atoms with Crippen LogP contribution in [-0.2, 0) is 10.2 Å². The molecule has 0 saturated heterocycles. The lowest BCUT2D eigenvalue weighted by molar-refractivity contribution is 0.0595. The third-order valence-electron chi connectivity index (χ3n) is 2.40. The van der Waals surface area contributed by atoms with Crippen LogP contribution in [0.4, 0.5) is 0 Å². The molecule has 2 N–H and O–H groups in total. The number of esters is 1. The minimum Gasteiger partial charge on any atom is -0.465 e. The molecule has 1 aromatic heterocycles. The van der Waals surface area contributed by atoms with E-state index in [2.05, 4.69) is 9.72 Å². The zero-order valence-corrected chi connectivity index (χ0v) is 9.53. The van der Waals surface area contributed by atoms with Crippen LogP contribution in [0.5, 0.6) is 0 Å². The molecular formula is C11H15NO4. The zero-order chi connectivity index (χ0) is 12.3. The van der Waals surface area contributed by atoms with E-state index in [1.54, 1.807) is 13.8 Å². The van der Waals surface area contributed by atoms with Gasteiger partial charge in [0.25, 0.3) is 0 Å². The number of nitrogens with one attached hydrogen (secondary N) is 1. The molecule has 0 amide bonds. The minimum absolute atomic E-state index is 0.184. The van der Waals surface area contributed by atoms with E-state index in [4.69, 9.17) is 0 Å². The second-order valence-corrected chi connectivity index (χ2v) is 4.14. The molecule has 1 heterocycles. The summed E-state index contributed by atoms with van der Waals surface area (Å²) in [5.74, 6) is -0.534. The Bertz CT molecular complexity index is 448. The standard InChI is InChI=1S/C11H15NO4/c1-11(2,6-13)9-7(10(15)16-3)4-5-8(14)12-9/h4-5,13H,6H2,1-3H3,(H,12,14). The fraction of sp³-hybridized carbons (Fsp3) is 0.455. The lowest BCUT2D eigenvalue weighted by atomic mass is 9.87. The number of aromatic amines is 1. The van der Waals surface area contributed by atoms with E-state index in [-0.39, 0.29) is 17.7 Å². The van der Waals surface area contributed by atoms with Crippen LogP contribution in [0, 0.1) is 0 Å². The monoisotopic (exact) mass is 225 g/mol. The molecule has 0 aliphatic carbocycles. The summed E-state index contributed by atoms with van der Waals surface area (Å²) < 4.78 is 4.61. The van der Waals surface area contributed by atoms with E-state index >= 15 is 0 Å². The lowest BCUT2D eigenvalue weighted by Crippen LogP contribution is -2.29. The van der Waals surface area contributed by atoms with Gasteiger partial charge >= 0.3 is 5.97 Å². The van der Waals surface area contributed by atoms with Crippen molar-refractivity contribution in [3.63, 3.8) is 0 Å². The summed E-state index contributed by atoms with van der Waals surface area (Å²) in [7, 11) is 1.27. The molecule has 88 valence electrons. The summed E-state index contributed by atoms with van der Waals surface area (Å²) in [4.78, 5) is 25.3. The number of hydrogen-bond donors (Lipinski definition) is 2. The molecule has 1 rings (SSSR count). The van der Waals surface area contributed by atoms with Gasteiger partial charge in [0.05, 0.1) is 19.3 Å². The summed E-state index contributed by atoms with van der Waals surface area (Å²) in [5, 5.41) is 9.24. The fourth-order valence-corrected chi connectivity index (χ4v) is 1.37. The Labute approximate surface area is 93.1 Å². The van der Waals surface area contributed by atoms with E-state index in [0.717, 1.165) is 0 Å². The van der Waals surface area contributed by atoms with Crippen molar-refractivity contribution in [1.29, 1.82) is 0 Å². The molecule has 0 radical (unpaired) electrons. The van der Waals surface area contributed by atoms with Gasteiger partial charge in [0.15, 0.2) is 0 Å². The van der Waals surface area contributed by atoms with Crippen molar-refractivity contribution in [2.45, 2.75) is 19.3 Å². The van der Waals surface area contributed by atoms with E-state index < -0.39 is 11.4 Å². The second kappa shape index (κ2) is 4.49. The van der Waals surface area contributed by atoms with Gasteiger partial charge in [-0.1, -0.05) is 13.8 Å². The topological polar surface area (TPSA) is 79.4 Å². The first kappa shape index (κ1) is 12.4. The number of aromatic nitrogens is 1. The number of H-pyrrole nitrogens is 1. The predicted octanol–water partition coefficient (Wildman–Crippen LogP) is 0.431. The minimum atomic E-state index is -0.704. The maximum Gasteiger partial charge on any atom is 0.339 e. The Balaban J connectivity index is 3.40. The normalized spacial score (nSPS) is 11.2. The van der Waals surface area contributed by atoms with Gasteiger partial charge in [-0.05, 0) is 6.07 Å². The Morgan fingerprint density at radius 3 is 2.62 bits per heavy atom. The molecule has 5 nitrogen and oxygen atoms in total. The highest BCUT2D eigenvalue weighted by atomic mass is 16.5. The van der Waals surface area contributed by atoms with Crippen LogP contribution < -0.4 is 5.56 Å². The Morgan fingerprint density at radius 1 is 1.50 bits per heavy atom. The zero-order valence-electron chi connectivity index (χ0n) is 9.53. The Kier molecular flexibility index (Phi) is 3.49. The number of ether oxygens (including phenoxy) is 1. The van der Waals surface area contributed by atoms with Gasteiger partial charge in [-0.2, -0.15) is 0 Å². The van der Waals surface area contributed by atoms with Gasteiger partial charge in [-0.25, -0.2) is 4.79 Å². The molecule has 0 spiro atoms. The maximum absolute atomic E-state index is 11.5. The predicted molar refractivity (Wildman–Crippen MR) is 58.5 cm³/mol. The average Bonchev–Trinajstić information content (AvgIpc) is 2.28. The molecule has 0 aliphatic heterocycles. The van der Waals surface area contributed by atoms with Gasteiger partial charge in [0.1, 0.15) is 0 Å². The lowest BCUT2D eigenvalue weighted by Gasteiger charge is -2.23. The Hall–Kier alpha value is -1.62. The molecule has 5 heteroatoms. The van der Waals surface area contributed by atoms with E-state index in [9.17, 15) is 14.7 Å². The molecule has 0 bridgehead atoms. The van der Waals surface area contributed by atoms with Crippen molar-refractivity contribution in [3.05, 3.63) is 33.7 Å². The number of pyridine rings is 1. The molecule has 1 aromatic rings. The number of hydrogen-bond acceptors (Lipinski definition) is 4. The summed E-state index contributed by atoms with van der Waals surface area (Å²) in [6.45, 7) is 3.27. The highest BCUT2D eigenvalue weighted by Crippen LogP contribution is 2.23. The molecule has 0 aliphatic rings. The molecule has 0 aromatic carbocycles. The third kappa shape index (κ3) is 2.30. The summed E-state index contributed by atoms with van der Waals surface area (Å²) in [6.07, 6.45) is 0.